The lowest BCUT2D eigenvalue weighted by Gasteiger charge is -2.15. The van der Waals surface area contributed by atoms with Crippen molar-refractivity contribution in [2.45, 2.75) is 44.8 Å². The van der Waals surface area contributed by atoms with E-state index in [4.69, 9.17) is 15.2 Å². The van der Waals surface area contributed by atoms with Crippen LogP contribution in [0.2, 0.25) is 0 Å². The van der Waals surface area contributed by atoms with Crippen molar-refractivity contribution in [3.8, 4) is 5.75 Å². The van der Waals surface area contributed by atoms with Gasteiger partial charge in [0.2, 0.25) is 0 Å². The van der Waals surface area contributed by atoms with Gasteiger partial charge in [-0.2, -0.15) is 0 Å². The van der Waals surface area contributed by atoms with Crippen molar-refractivity contribution in [2.75, 3.05) is 13.2 Å². The maximum atomic E-state index is 13.2. The van der Waals surface area contributed by atoms with Gasteiger partial charge in [0, 0.05) is 18.2 Å². The van der Waals surface area contributed by atoms with E-state index in [2.05, 4.69) is 0 Å². The Bertz CT molecular complexity index is 403. The zero-order chi connectivity index (χ0) is 13.7. The maximum Gasteiger partial charge on any atom is 0.124 e. The Hall–Kier alpha value is -1.13. The van der Waals surface area contributed by atoms with Crippen LogP contribution in [0.3, 0.4) is 0 Å². The average Bonchev–Trinajstić information content (AvgIpc) is 2.89. The number of nitrogens with two attached hydrogens (primary N) is 1. The van der Waals surface area contributed by atoms with Crippen LogP contribution >= 0.6 is 0 Å². The van der Waals surface area contributed by atoms with Crippen molar-refractivity contribution in [3.63, 3.8) is 0 Å². The first-order valence-corrected chi connectivity index (χ1v) is 6.96. The van der Waals surface area contributed by atoms with Gasteiger partial charge in [0.05, 0.1) is 12.7 Å². The summed E-state index contributed by atoms with van der Waals surface area (Å²) in [5, 5.41) is 0. The Morgan fingerprint density at radius 3 is 3.05 bits per heavy atom. The molecule has 3 nitrogen and oxygen atoms in total. The molecule has 19 heavy (non-hydrogen) atoms. The number of hydrogen-bond acceptors (Lipinski definition) is 3. The van der Waals surface area contributed by atoms with Crippen LogP contribution in [0.25, 0.3) is 0 Å². The third-order valence-electron chi connectivity index (χ3n) is 3.41. The molecule has 0 bridgehead atoms. The lowest BCUT2D eigenvalue weighted by atomic mass is 10.1. The second-order valence-corrected chi connectivity index (χ2v) is 5.10. The molecule has 1 saturated heterocycles. The topological polar surface area (TPSA) is 44.5 Å². The molecule has 106 valence electrons. The summed E-state index contributed by atoms with van der Waals surface area (Å²) in [4.78, 5) is 0. The van der Waals surface area contributed by atoms with Crippen LogP contribution in [-0.2, 0) is 4.74 Å². The molecule has 0 aliphatic carbocycles. The Labute approximate surface area is 113 Å². The molecule has 1 heterocycles. The summed E-state index contributed by atoms with van der Waals surface area (Å²) in [5.74, 6) is 0.405. The molecule has 4 heteroatoms. The summed E-state index contributed by atoms with van der Waals surface area (Å²) in [7, 11) is 0. The second kappa shape index (κ2) is 6.87. The van der Waals surface area contributed by atoms with E-state index in [0.717, 1.165) is 31.4 Å². The van der Waals surface area contributed by atoms with E-state index in [1.54, 1.807) is 6.07 Å². The molecule has 1 fully saturated rings. The van der Waals surface area contributed by atoms with Crippen molar-refractivity contribution < 1.29 is 13.9 Å². The summed E-state index contributed by atoms with van der Waals surface area (Å²) in [6.45, 7) is 3.33. The first kappa shape index (κ1) is 14.3. The molecule has 1 aromatic carbocycles. The Kier molecular flexibility index (Phi) is 5.16. The SMILES string of the molecule is CC(N)c1cc(F)ccc1OCCCC1CCCO1. The van der Waals surface area contributed by atoms with Crippen molar-refractivity contribution in [3.05, 3.63) is 29.6 Å². The molecular formula is C15H22FNO2. The third kappa shape index (κ3) is 4.18. The molecule has 1 aliphatic rings. The van der Waals surface area contributed by atoms with Crippen LogP contribution in [0, 0.1) is 5.82 Å². The highest BCUT2D eigenvalue weighted by molar-refractivity contribution is 5.36. The van der Waals surface area contributed by atoms with Gasteiger partial charge >= 0.3 is 0 Å². The summed E-state index contributed by atoms with van der Waals surface area (Å²) in [6.07, 6.45) is 4.68. The standard InChI is InChI=1S/C15H22FNO2/c1-11(17)14-10-12(16)6-7-15(14)19-9-3-5-13-4-2-8-18-13/h6-7,10-11,13H,2-5,8-9,17H2,1H3. The predicted molar refractivity (Wildman–Crippen MR) is 72.7 cm³/mol. The lowest BCUT2D eigenvalue weighted by Crippen LogP contribution is -2.11. The van der Waals surface area contributed by atoms with Gasteiger partial charge in [0.1, 0.15) is 11.6 Å². The smallest absolute Gasteiger partial charge is 0.124 e. The Morgan fingerprint density at radius 2 is 2.37 bits per heavy atom. The van der Waals surface area contributed by atoms with Crippen LogP contribution in [0.15, 0.2) is 18.2 Å². The summed E-state index contributed by atoms with van der Waals surface area (Å²) in [6, 6.07) is 4.27. The fourth-order valence-corrected chi connectivity index (χ4v) is 2.37. The first-order valence-electron chi connectivity index (χ1n) is 6.96. The quantitative estimate of drug-likeness (QED) is 0.805. The largest absolute Gasteiger partial charge is 0.493 e. The highest BCUT2D eigenvalue weighted by atomic mass is 19.1. The van der Waals surface area contributed by atoms with E-state index in [-0.39, 0.29) is 11.9 Å². The van der Waals surface area contributed by atoms with Gasteiger partial charge in [-0.15, -0.1) is 0 Å². The molecule has 0 radical (unpaired) electrons. The van der Waals surface area contributed by atoms with Gasteiger partial charge < -0.3 is 15.2 Å². The fourth-order valence-electron chi connectivity index (χ4n) is 2.37. The van der Waals surface area contributed by atoms with E-state index in [1.165, 1.54) is 18.6 Å². The monoisotopic (exact) mass is 267 g/mol. The molecule has 0 saturated carbocycles. The minimum absolute atomic E-state index is 0.233. The molecule has 0 aromatic heterocycles. The molecule has 1 aromatic rings. The number of rotatable bonds is 6. The predicted octanol–water partition coefficient (Wildman–Crippen LogP) is 3.18. The van der Waals surface area contributed by atoms with Gasteiger partial charge in [0.25, 0.3) is 0 Å². The van der Waals surface area contributed by atoms with Gasteiger partial charge in [-0.25, -0.2) is 4.39 Å². The molecule has 1 aliphatic heterocycles. The van der Waals surface area contributed by atoms with E-state index in [0.29, 0.717) is 18.5 Å². The molecular weight excluding hydrogens is 245 g/mol. The number of halogens is 1. The van der Waals surface area contributed by atoms with Gasteiger partial charge in [-0.05, 0) is 50.8 Å². The van der Waals surface area contributed by atoms with Gasteiger partial charge in [-0.1, -0.05) is 0 Å². The van der Waals surface area contributed by atoms with Gasteiger partial charge in [-0.3, -0.25) is 0 Å². The second-order valence-electron chi connectivity index (χ2n) is 5.10. The zero-order valence-corrected chi connectivity index (χ0v) is 11.4. The highest BCUT2D eigenvalue weighted by Crippen LogP contribution is 2.25. The summed E-state index contributed by atoms with van der Waals surface area (Å²) in [5.41, 5.74) is 6.54. The normalized spacial score (nSPS) is 20.5. The lowest BCUT2D eigenvalue weighted by molar-refractivity contribution is 0.0980. The number of benzene rings is 1. The van der Waals surface area contributed by atoms with Crippen molar-refractivity contribution in [1.29, 1.82) is 0 Å². The number of ether oxygens (including phenoxy) is 2. The van der Waals surface area contributed by atoms with E-state index < -0.39 is 0 Å². The fraction of sp³-hybridized carbons (Fsp3) is 0.600. The van der Waals surface area contributed by atoms with Crippen LogP contribution in [0.1, 0.15) is 44.2 Å². The molecule has 2 unspecified atom stereocenters. The van der Waals surface area contributed by atoms with Crippen molar-refractivity contribution in [2.24, 2.45) is 5.73 Å². The van der Waals surface area contributed by atoms with Crippen LogP contribution in [0.4, 0.5) is 4.39 Å². The minimum Gasteiger partial charge on any atom is -0.493 e. The Balaban J connectivity index is 1.81. The molecule has 2 atom stereocenters. The molecule has 2 rings (SSSR count). The average molecular weight is 267 g/mol. The van der Waals surface area contributed by atoms with E-state index in [9.17, 15) is 4.39 Å². The van der Waals surface area contributed by atoms with Crippen LogP contribution in [-0.4, -0.2) is 19.3 Å². The molecule has 2 N–H and O–H groups in total. The first-order chi connectivity index (χ1) is 9.16. The van der Waals surface area contributed by atoms with E-state index >= 15 is 0 Å². The van der Waals surface area contributed by atoms with Gasteiger partial charge in [0.15, 0.2) is 0 Å². The van der Waals surface area contributed by atoms with Crippen LogP contribution in [0.5, 0.6) is 5.75 Å². The van der Waals surface area contributed by atoms with Crippen molar-refractivity contribution >= 4 is 0 Å². The third-order valence-corrected chi connectivity index (χ3v) is 3.41. The summed E-state index contributed by atoms with van der Waals surface area (Å²) >= 11 is 0. The zero-order valence-electron chi connectivity index (χ0n) is 11.4. The highest BCUT2D eigenvalue weighted by Gasteiger charge is 2.15. The maximum absolute atomic E-state index is 13.2. The molecule has 0 amide bonds. The summed E-state index contributed by atoms with van der Waals surface area (Å²) < 4.78 is 24.4. The molecule has 0 spiro atoms. The van der Waals surface area contributed by atoms with Crippen molar-refractivity contribution in [1.82, 2.24) is 0 Å². The Morgan fingerprint density at radius 1 is 1.53 bits per heavy atom. The van der Waals surface area contributed by atoms with Crippen LogP contribution < -0.4 is 10.5 Å². The number of hydrogen-bond donors (Lipinski definition) is 1. The minimum atomic E-state index is -0.279. The van der Waals surface area contributed by atoms with E-state index in [1.807, 2.05) is 6.92 Å².